The van der Waals surface area contributed by atoms with Crippen LogP contribution in [0.2, 0.25) is 0 Å². The first-order chi connectivity index (χ1) is 9.83. The molecule has 1 atom stereocenters. The zero-order valence-corrected chi connectivity index (χ0v) is 12.7. The van der Waals surface area contributed by atoms with E-state index in [1.165, 1.54) is 25.7 Å². The second-order valence-electron chi connectivity index (χ2n) is 6.17. The fourth-order valence-electron chi connectivity index (χ4n) is 3.42. The quantitative estimate of drug-likeness (QED) is 0.788. The summed E-state index contributed by atoms with van der Waals surface area (Å²) in [4.78, 5) is 14.9. The van der Waals surface area contributed by atoms with Gasteiger partial charge in [-0.05, 0) is 45.1 Å². The molecule has 0 aromatic heterocycles. The van der Waals surface area contributed by atoms with Crippen LogP contribution in [0.15, 0.2) is 0 Å². The van der Waals surface area contributed by atoms with Crippen LogP contribution in [-0.2, 0) is 9.53 Å². The molecule has 1 aliphatic heterocycles. The van der Waals surface area contributed by atoms with Crippen LogP contribution in [0.1, 0.15) is 64.2 Å². The lowest BCUT2D eigenvalue weighted by Crippen LogP contribution is -2.48. The molecule has 1 heterocycles. The maximum Gasteiger partial charge on any atom is 0.251 e. The number of carbonyl (C=O) groups excluding carboxylic acids is 1. The van der Waals surface area contributed by atoms with Gasteiger partial charge in [-0.25, -0.2) is 0 Å². The molecular weight excluding hydrogens is 252 g/mol. The Morgan fingerprint density at radius 2 is 1.75 bits per heavy atom. The van der Waals surface area contributed by atoms with Crippen molar-refractivity contribution < 1.29 is 9.53 Å². The fraction of sp³-hybridized carbons (Fsp3) is 0.938. The van der Waals surface area contributed by atoms with Gasteiger partial charge in [-0.1, -0.05) is 25.7 Å². The van der Waals surface area contributed by atoms with Gasteiger partial charge >= 0.3 is 0 Å². The van der Waals surface area contributed by atoms with Crippen LogP contribution in [0.5, 0.6) is 0 Å². The van der Waals surface area contributed by atoms with Crippen molar-refractivity contribution in [2.24, 2.45) is 5.73 Å². The highest BCUT2D eigenvalue weighted by molar-refractivity contribution is 5.81. The molecule has 2 aliphatic rings. The van der Waals surface area contributed by atoms with Crippen molar-refractivity contribution in [1.82, 2.24) is 4.90 Å². The van der Waals surface area contributed by atoms with Crippen LogP contribution < -0.4 is 5.73 Å². The number of nitrogens with two attached hydrogens (primary N) is 1. The number of ether oxygens (including phenoxy) is 1. The third-order valence-electron chi connectivity index (χ3n) is 4.61. The molecule has 20 heavy (non-hydrogen) atoms. The van der Waals surface area contributed by atoms with Crippen LogP contribution >= 0.6 is 0 Å². The minimum absolute atomic E-state index is 0.190. The van der Waals surface area contributed by atoms with Crippen LogP contribution in [0.25, 0.3) is 0 Å². The fourth-order valence-corrected chi connectivity index (χ4v) is 3.42. The summed E-state index contributed by atoms with van der Waals surface area (Å²) in [5, 5.41) is 0. The molecule has 2 rings (SSSR count). The predicted octanol–water partition coefficient (Wildman–Crippen LogP) is 2.46. The SMILES string of the molecule is NCCCN(C(=O)C1CCCCO1)C1CCCCCC1. The lowest BCUT2D eigenvalue weighted by atomic mass is 10.0. The monoisotopic (exact) mass is 282 g/mol. The molecule has 0 spiro atoms. The van der Waals surface area contributed by atoms with E-state index in [4.69, 9.17) is 10.5 Å². The number of amides is 1. The first-order valence-electron chi connectivity index (χ1n) is 8.45. The highest BCUT2D eigenvalue weighted by Crippen LogP contribution is 2.24. The second kappa shape index (κ2) is 8.63. The topological polar surface area (TPSA) is 55.6 Å². The van der Waals surface area contributed by atoms with Crippen molar-refractivity contribution in [3.8, 4) is 0 Å². The molecule has 1 saturated carbocycles. The van der Waals surface area contributed by atoms with Gasteiger partial charge in [0.05, 0.1) is 0 Å². The summed E-state index contributed by atoms with van der Waals surface area (Å²) in [6.45, 7) is 2.20. The number of rotatable bonds is 5. The predicted molar refractivity (Wildman–Crippen MR) is 80.5 cm³/mol. The lowest BCUT2D eigenvalue weighted by Gasteiger charge is -2.35. The summed E-state index contributed by atoms with van der Waals surface area (Å²) in [6, 6.07) is 0.419. The lowest BCUT2D eigenvalue weighted by molar-refractivity contribution is -0.149. The van der Waals surface area contributed by atoms with E-state index in [-0.39, 0.29) is 12.0 Å². The van der Waals surface area contributed by atoms with Crippen molar-refractivity contribution in [2.45, 2.75) is 76.4 Å². The van der Waals surface area contributed by atoms with E-state index in [0.717, 1.165) is 51.7 Å². The Morgan fingerprint density at radius 1 is 1.05 bits per heavy atom. The van der Waals surface area contributed by atoms with E-state index in [9.17, 15) is 4.79 Å². The van der Waals surface area contributed by atoms with E-state index in [2.05, 4.69) is 4.90 Å². The molecule has 1 unspecified atom stereocenters. The molecule has 2 fully saturated rings. The minimum Gasteiger partial charge on any atom is -0.368 e. The zero-order valence-electron chi connectivity index (χ0n) is 12.7. The van der Waals surface area contributed by atoms with Crippen molar-refractivity contribution >= 4 is 5.91 Å². The molecule has 4 heteroatoms. The van der Waals surface area contributed by atoms with Crippen LogP contribution in [-0.4, -0.2) is 42.6 Å². The summed E-state index contributed by atoms with van der Waals surface area (Å²) < 4.78 is 5.70. The van der Waals surface area contributed by atoms with Crippen molar-refractivity contribution in [1.29, 1.82) is 0 Å². The second-order valence-corrected chi connectivity index (χ2v) is 6.17. The van der Waals surface area contributed by atoms with E-state index in [0.29, 0.717) is 12.6 Å². The Morgan fingerprint density at radius 3 is 2.35 bits per heavy atom. The zero-order chi connectivity index (χ0) is 14.2. The number of hydrogen-bond donors (Lipinski definition) is 1. The van der Waals surface area contributed by atoms with Crippen molar-refractivity contribution in [3.63, 3.8) is 0 Å². The smallest absolute Gasteiger partial charge is 0.251 e. The molecule has 1 saturated heterocycles. The average Bonchev–Trinajstić information content (AvgIpc) is 2.77. The standard InChI is InChI=1S/C16H30N2O2/c17-11-7-12-18(14-8-3-1-2-4-9-14)16(19)15-10-5-6-13-20-15/h14-15H,1-13,17H2. The normalized spacial score (nSPS) is 25.1. The molecule has 4 nitrogen and oxygen atoms in total. The number of nitrogens with zero attached hydrogens (tertiary/aromatic N) is 1. The molecule has 1 amide bonds. The Labute approximate surface area is 123 Å². The summed E-state index contributed by atoms with van der Waals surface area (Å²) in [5.41, 5.74) is 5.65. The molecule has 1 aliphatic carbocycles. The van der Waals surface area contributed by atoms with Crippen LogP contribution in [0.3, 0.4) is 0 Å². The third-order valence-corrected chi connectivity index (χ3v) is 4.61. The Balaban J connectivity index is 1.98. The number of carbonyl (C=O) groups is 1. The van der Waals surface area contributed by atoms with E-state index >= 15 is 0 Å². The van der Waals surface area contributed by atoms with Gasteiger partial charge in [-0.3, -0.25) is 4.79 Å². The van der Waals surface area contributed by atoms with Gasteiger partial charge in [-0.2, -0.15) is 0 Å². The summed E-state index contributed by atoms with van der Waals surface area (Å²) in [5.74, 6) is 0.227. The molecule has 0 radical (unpaired) electrons. The first-order valence-corrected chi connectivity index (χ1v) is 8.45. The summed E-state index contributed by atoms with van der Waals surface area (Å²) in [7, 11) is 0. The first kappa shape index (κ1) is 15.8. The molecular formula is C16H30N2O2. The molecule has 2 N–H and O–H groups in total. The van der Waals surface area contributed by atoms with Crippen LogP contribution in [0, 0.1) is 0 Å². The van der Waals surface area contributed by atoms with Gasteiger partial charge < -0.3 is 15.4 Å². The highest BCUT2D eigenvalue weighted by atomic mass is 16.5. The van der Waals surface area contributed by atoms with E-state index in [1.54, 1.807) is 0 Å². The van der Waals surface area contributed by atoms with Gasteiger partial charge in [0.15, 0.2) is 0 Å². The third kappa shape index (κ3) is 4.45. The molecule has 0 bridgehead atoms. The largest absolute Gasteiger partial charge is 0.368 e. The van der Waals surface area contributed by atoms with Gasteiger partial charge in [0, 0.05) is 19.2 Å². The molecule has 116 valence electrons. The Bertz CT molecular complexity index is 282. The van der Waals surface area contributed by atoms with E-state index < -0.39 is 0 Å². The van der Waals surface area contributed by atoms with Gasteiger partial charge in [0.2, 0.25) is 0 Å². The Kier molecular flexibility index (Phi) is 6.80. The van der Waals surface area contributed by atoms with Gasteiger partial charge in [-0.15, -0.1) is 0 Å². The average molecular weight is 282 g/mol. The number of hydrogen-bond acceptors (Lipinski definition) is 3. The van der Waals surface area contributed by atoms with E-state index in [1.807, 2.05) is 0 Å². The molecule has 0 aromatic rings. The van der Waals surface area contributed by atoms with Gasteiger partial charge in [0.1, 0.15) is 6.10 Å². The van der Waals surface area contributed by atoms with Crippen molar-refractivity contribution in [3.05, 3.63) is 0 Å². The minimum atomic E-state index is -0.190. The maximum atomic E-state index is 12.8. The summed E-state index contributed by atoms with van der Waals surface area (Å²) in [6.07, 6.45) is 11.3. The Hall–Kier alpha value is -0.610. The highest BCUT2D eigenvalue weighted by Gasteiger charge is 2.31. The maximum absolute atomic E-state index is 12.8. The summed E-state index contributed by atoms with van der Waals surface area (Å²) >= 11 is 0. The van der Waals surface area contributed by atoms with Crippen molar-refractivity contribution in [2.75, 3.05) is 19.7 Å². The van der Waals surface area contributed by atoms with Crippen LogP contribution in [0.4, 0.5) is 0 Å². The van der Waals surface area contributed by atoms with Gasteiger partial charge in [0.25, 0.3) is 5.91 Å². The molecule has 0 aromatic carbocycles.